The van der Waals surface area contributed by atoms with Crippen molar-refractivity contribution in [2.75, 3.05) is 13.7 Å². The van der Waals surface area contributed by atoms with Crippen LogP contribution in [0.25, 0.3) is 0 Å². The van der Waals surface area contributed by atoms with Crippen LogP contribution in [0.4, 0.5) is 0 Å². The van der Waals surface area contributed by atoms with E-state index in [1.165, 1.54) is 7.11 Å². The Morgan fingerprint density at radius 3 is 2.27 bits per heavy atom. The lowest BCUT2D eigenvalue weighted by atomic mass is 10.1. The van der Waals surface area contributed by atoms with Gasteiger partial charge >= 0.3 is 5.97 Å². The Labute approximate surface area is 90.6 Å². The van der Waals surface area contributed by atoms with Crippen molar-refractivity contribution >= 4 is 11.9 Å². The molecule has 0 heterocycles. The fraction of sp³-hybridized carbons (Fsp3) is 0.800. The number of nitrogens with one attached hydrogen (secondary N) is 2. The molecule has 0 unspecified atom stereocenters. The van der Waals surface area contributed by atoms with Gasteiger partial charge in [-0.2, -0.15) is 0 Å². The second kappa shape index (κ2) is 5.70. The van der Waals surface area contributed by atoms with Crippen LogP contribution in [0.3, 0.4) is 0 Å². The molecule has 0 bridgehead atoms. The lowest BCUT2D eigenvalue weighted by Gasteiger charge is -2.21. The molecule has 0 fully saturated rings. The first-order valence-electron chi connectivity index (χ1n) is 4.88. The van der Waals surface area contributed by atoms with Gasteiger partial charge in [0.25, 0.3) is 0 Å². The molecule has 5 heteroatoms. The fourth-order valence-electron chi connectivity index (χ4n) is 0.968. The summed E-state index contributed by atoms with van der Waals surface area (Å²) in [6.45, 7) is 7.45. The summed E-state index contributed by atoms with van der Waals surface area (Å²) < 4.78 is 4.51. The summed E-state index contributed by atoms with van der Waals surface area (Å²) in [6.07, 6.45) is 0. The van der Waals surface area contributed by atoms with Crippen molar-refractivity contribution in [2.45, 2.75) is 39.3 Å². The largest absolute Gasteiger partial charge is 0.468 e. The predicted octanol–water partition coefficient (Wildman–Crippen LogP) is 0.0522. The molecule has 88 valence electrons. The minimum absolute atomic E-state index is 0.105. The second-order valence-corrected chi connectivity index (χ2v) is 4.42. The van der Waals surface area contributed by atoms with Crippen molar-refractivity contribution in [1.29, 1.82) is 0 Å². The molecule has 1 amide bonds. The highest BCUT2D eigenvalue weighted by atomic mass is 16.5. The Morgan fingerprint density at radius 2 is 1.87 bits per heavy atom. The molecule has 15 heavy (non-hydrogen) atoms. The van der Waals surface area contributed by atoms with Gasteiger partial charge in [-0.15, -0.1) is 0 Å². The van der Waals surface area contributed by atoms with Gasteiger partial charge in [-0.05, 0) is 27.7 Å². The van der Waals surface area contributed by atoms with E-state index < -0.39 is 6.04 Å². The van der Waals surface area contributed by atoms with E-state index in [0.717, 1.165) is 0 Å². The highest BCUT2D eigenvalue weighted by molar-refractivity contribution is 5.80. The molecule has 1 atom stereocenters. The van der Waals surface area contributed by atoms with Gasteiger partial charge in [0.1, 0.15) is 6.04 Å². The highest BCUT2D eigenvalue weighted by Crippen LogP contribution is 1.97. The van der Waals surface area contributed by atoms with E-state index in [-0.39, 0.29) is 24.0 Å². The number of amides is 1. The molecule has 0 saturated carbocycles. The standard InChI is InChI=1S/C10H20N2O3/c1-7(9(14)15-5)11-6-8(13)12-10(2,3)4/h7,11H,6H2,1-5H3,(H,12,13)/t7-/m0/s1. The number of esters is 1. The number of rotatable bonds is 4. The molecular formula is C10H20N2O3. The third-order valence-corrected chi connectivity index (χ3v) is 1.64. The zero-order valence-electron chi connectivity index (χ0n) is 10.0. The van der Waals surface area contributed by atoms with Crippen LogP contribution >= 0.6 is 0 Å². The normalized spacial score (nSPS) is 13.1. The summed E-state index contributed by atoms with van der Waals surface area (Å²) >= 11 is 0. The van der Waals surface area contributed by atoms with Crippen molar-refractivity contribution in [3.63, 3.8) is 0 Å². The Kier molecular flexibility index (Phi) is 5.28. The average Bonchev–Trinajstić information content (AvgIpc) is 2.10. The first-order valence-corrected chi connectivity index (χ1v) is 4.88. The summed E-state index contributed by atoms with van der Waals surface area (Å²) in [5.41, 5.74) is -0.257. The maximum Gasteiger partial charge on any atom is 0.322 e. The number of ether oxygens (including phenoxy) is 1. The molecule has 0 spiro atoms. The molecule has 0 aromatic heterocycles. The molecule has 0 aliphatic rings. The Bertz CT molecular complexity index is 233. The summed E-state index contributed by atoms with van der Waals surface area (Å²) in [4.78, 5) is 22.3. The van der Waals surface area contributed by atoms with Crippen molar-refractivity contribution in [2.24, 2.45) is 0 Å². The van der Waals surface area contributed by atoms with Gasteiger partial charge in [0, 0.05) is 5.54 Å². The van der Waals surface area contributed by atoms with Crippen LogP contribution < -0.4 is 10.6 Å². The average molecular weight is 216 g/mol. The van der Waals surface area contributed by atoms with Crippen LogP contribution in [0.2, 0.25) is 0 Å². The van der Waals surface area contributed by atoms with Gasteiger partial charge in [-0.25, -0.2) is 0 Å². The minimum atomic E-state index is -0.472. The van der Waals surface area contributed by atoms with E-state index in [1.807, 2.05) is 20.8 Å². The molecule has 2 N–H and O–H groups in total. The van der Waals surface area contributed by atoms with E-state index >= 15 is 0 Å². The number of hydrogen-bond acceptors (Lipinski definition) is 4. The van der Waals surface area contributed by atoms with Crippen molar-refractivity contribution in [3.05, 3.63) is 0 Å². The molecular weight excluding hydrogens is 196 g/mol. The van der Waals surface area contributed by atoms with Gasteiger partial charge in [-0.1, -0.05) is 0 Å². The maximum atomic E-state index is 11.3. The van der Waals surface area contributed by atoms with E-state index in [9.17, 15) is 9.59 Å². The number of carbonyl (C=O) groups excluding carboxylic acids is 2. The SMILES string of the molecule is COC(=O)[C@H](C)NCC(=O)NC(C)(C)C. The molecule has 0 aliphatic carbocycles. The molecule has 0 saturated heterocycles. The predicted molar refractivity (Wildman–Crippen MR) is 57.4 cm³/mol. The van der Waals surface area contributed by atoms with Gasteiger partial charge in [-0.3, -0.25) is 14.9 Å². The molecule has 0 aromatic rings. The third-order valence-electron chi connectivity index (χ3n) is 1.64. The molecule has 0 aliphatic heterocycles. The molecule has 5 nitrogen and oxygen atoms in total. The van der Waals surface area contributed by atoms with Gasteiger partial charge in [0.05, 0.1) is 13.7 Å². The summed E-state index contributed by atoms with van der Waals surface area (Å²) in [5, 5.41) is 5.55. The quantitative estimate of drug-likeness (QED) is 0.652. The van der Waals surface area contributed by atoms with Crippen LogP contribution in [0, 0.1) is 0 Å². The minimum Gasteiger partial charge on any atom is -0.468 e. The summed E-state index contributed by atoms with van der Waals surface area (Å²) in [5.74, 6) is -0.517. The van der Waals surface area contributed by atoms with Crippen LogP contribution in [-0.2, 0) is 14.3 Å². The smallest absolute Gasteiger partial charge is 0.322 e. The van der Waals surface area contributed by atoms with Gasteiger partial charge in [0.2, 0.25) is 5.91 Å². The van der Waals surface area contributed by atoms with Crippen LogP contribution in [0.5, 0.6) is 0 Å². The lowest BCUT2D eigenvalue weighted by Crippen LogP contribution is -2.47. The highest BCUT2D eigenvalue weighted by Gasteiger charge is 2.16. The maximum absolute atomic E-state index is 11.3. The van der Waals surface area contributed by atoms with E-state index in [4.69, 9.17) is 0 Å². The van der Waals surface area contributed by atoms with E-state index in [1.54, 1.807) is 6.92 Å². The first-order chi connectivity index (χ1) is 6.76. The zero-order chi connectivity index (χ0) is 12.1. The Hall–Kier alpha value is -1.10. The topological polar surface area (TPSA) is 67.4 Å². The summed E-state index contributed by atoms with van der Waals surface area (Å²) in [7, 11) is 1.32. The Balaban J connectivity index is 3.86. The Morgan fingerprint density at radius 1 is 1.33 bits per heavy atom. The summed E-state index contributed by atoms with van der Waals surface area (Å²) in [6, 6.07) is -0.472. The van der Waals surface area contributed by atoms with Crippen LogP contribution in [0.15, 0.2) is 0 Å². The monoisotopic (exact) mass is 216 g/mol. The third kappa shape index (κ3) is 6.90. The van der Waals surface area contributed by atoms with E-state index in [0.29, 0.717) is 0 Å². The van der Waals surface area contributed by atoms with Crippen molar-refractivity contribution in [1.82, 2.24) is 10.6 Å². The van der Waals surface area contributed by atoms with Crippen molar-refractivity contribution in [3.8, 4) is 0 Å². The molecule has 0 aromatic carbocycles. The lowest BCUT2D eigenvalue weighted by molar-refractivity contribution is -0.142. The molecule has 0 rings (SSSR count). The number of hydrogen-bond donors (Lipinski definition) is 2. The van der Waals surface area contributed by atoms with Gasteiger partial charge < -0.3 is 10.1 Å². The first kappa shape index (κ1) is 13.9. The number of methoxy groups -OCH3 is 1. The van der Waals surface area contributed by atoms with Gasteiger partial charge in [0.15, 0.2) is 0 Å². The van der Waals surface area contributed by atoms with Crippen LogP contribution in [-0.4, -0.2) is 37.1 Å². The zero-order valence-corrected chi connectivity index (χ0v) is 10.0. The van der Waals surface area contributed by atoms with E-state index in [2.05, 4.69) is 15.4 Å². The van der Waals surface area contributed by atoms with Crippen molar-refractivity contribution < 1.29 is 14.3 Å². The van der Waals surface area contributed by atoms with Crippen LogP contribution in [0.1, 0.15) is 27.7 Å². The second-order valence-electron chi connectivity index (χ2n) is 4.42. The fourth-order valence-corrected chi connectivity index (χ4v) is 0.968. The molecule has 0 radical (unpaired) electrons. The number of carbonyl (C=O) groups is 2.